The van der Waals surface area contributed by atoms with E-state index < -0.39 is 43.3 Å². The van der Waals surface area contributed by atoms with Gasteiger partial charge in [0.1, 0.15) is 5.60 Å². The molecular weight excluding hydrogens is 429 g/mol. The third-order valence-electron chi connectivity index (χ3n) is 4.00. The van der Waals surface area contributed by atoms with Crippen LogP contribution >= 0.6 is 0 Å². The lowest BCUT2D eigenvalue weighted by atomic mass is 10.1. The topological polar surface area (TPSA) is 93.2 Å². The number of anilines is 1. The summed E-state index contributed by atoms with van der Waals surface area (Å²) in [6, 6.07) is 5.09. The molecule has 1 aliphatic heterocycles. The van der Waals surface area contributed by atoms with Gasteiger partial charge in [-0.15, -0.1) is 0 Å². The average Bonchev–Trinajstić information content (AvgIpc) is 2.85. The minimum atomic E-state index is -6.11. The van der Waals surface area contributed by atoms with Crippen LogP contribution in [-0.4, -0.2) is 49.8 Å². The van der Waals surface area contributed by atoms with Crippen molar-refractivity contribution in [3.8, 4) is 0 Å². The van der Waals surface area contributed by atoms with E-state index in [1.165, 1.54) is 23.1 Å². The predicted octanol–water partition coefficient (Wildman–Crippen LogP) is 3.87. The van der Waals surface area contributed by atoms with Crippen molar-refractivity contribution in [1.82, 2.24) is 4.90 Å². The fourth-order valence-corrected chi connectivity index (χ4v) is 3.65. The summed E-state index contributed by atoms with van der Waals surface area (Å²) < 4.78 is 73.8. The van der Waals surface area contributed by atoms with Gasteiger partial charge in [-0.05, 0) is 31.4 Å². The molecule has 30 heavy (non-hydrogen) atoms. The first-order valence-electron chi connectivity index (χ1n) is 9.00. The van der Waals surface area contributed by atoms with Crippen molar-refractivity contribution in [3.63, 3.8) is 0 Å². The molecule has 0 bridgehead atoms. The number of cyclic esters (lactones) is 1. The van der Waals surface area contributed by atoms with Crippen LogP contribution in [0, 0.1) is 5.92 Å². The number of benzene rings is 1. The minimum absolute atomic E-state index is 0.00136. The van der Waals surface area contributed by atoms with Crippen molar-refractivity contribution < 1.29 is 40.7 Å². The Hall–Kier alpha value is -2.50. The highest BCUT2D eigenvalue weighted by atomic mass is 32.2. The molecule has 1 saturated heterocycles. The number of ether oxygens (including phenoxy) is 2. The van der Waals surface area contributed by atoms with Crippen molar-refractivity contribution >= 4 is 27.9 Å². The summed E-state index contributed by atoms with van der Waals surface area (Å²) in [5.41, 5.74) is -7.12. The van der Waals surface area contributed by atoms with E-state index in [-0.39, 0.29) is 31.2 Å². The van der Waals surface area contributed by atoms with Gasteiger partial charge in [-0.1, -0.05) is 32.0 Å². The maximum Gasteiger partial charge on any atom is 0.517 e. The number of hydrogen-bond acceptors (Lipinski definition) is 6. The molecule has 12 heteroatoms. The van der Waals surface area contributed by atoms with Crippen molar-refractivity contribution in [2.75, 3.05) is 17.5 Å². The third kappa shape index (κ3) is 5.15. The fourth-order valence-electron chi connectivity index (χ4n) is 2.75. The van der Waals surface area contributed by atoms with Crippen LogP contribution in [-0.2, 0) is 26.0 Å². The van der Waals surface area contributed by atoms with Crippen LogP contribution in [0.1, 0.15) is 33.3 Å². The van der Waals surface area contributed by atoms with E-state index in [4.69, 9.17) is 9.47 Å². The Kier molecular flexibility index (Phi) is 6.60. The number of para-hydroxylation sites is 1. The summed E-state index contributed by atoms with van der Waals surface area (Å²) in [5.74, 6) is -0.235. The molecule has 2 rings (SSSR count). The molecular formula is C18H23F3N2O6S. The zero-order valence-electron chi connectivity index (χ0n) is 16.9. The Morgan fingerprint density at radius 2 is 1.90 bits per heavy atom. The molecule has 0 N–H and O–H groups in total. The molecule has 0 unspecified atom stereocenters. The fraction of sp³-hybridized carbons (Fsp3) is 0.556. The number of nitrogens with zero attached hydrogens (tertiary/aromatic N) is 2. The smallest absolute Gasteiger partial charge is 0.448 e. The molecule has 0 aliphatic carbocycles. The summed E-state index contributed by atoms with van der Waals surface area (Å²) >= 11 is 0. The molecule has 0 radical (unpaired) electrons. The molecule has 0 aromatic heterocycles. The Bertz CT molecular complexity index is 915. The standard InChI is InChI=1S/C18H23F3N2O6S/c1-12(2)10-28-16(25)23(30(26,27)18(19,20)21)14-8-6-5-7-13(14)9-22-11-17(3,4)29-15(22)24/h5-8,12H,9-11H2,1-4H3. The van der Waals surface area contributed by atoms with Gasteiger partial charge in [0.05, 0.1) is 25.4 Å². The van der Waals surface area contributed by atoms with E-state index in [2.05, 4.69) is 0 Å². The van der Waals surface area contributed by atoms with Gasteiger partial charge < -0.3 is 9.47 Å². The molecule has 2 amide bonds. The van der Waals surface area contributed by atoms with Crippen LogP contribution in [0.15, 0.2) is 24.3 Å². The zero-order valence-corrected chi connectivity index (χ0v) is 17.7. The number of alkyl halides is 3. The quantitative estimate of drug-likeness (QED) is 0.651. The van der Waals surface area contributed by atoms with Gasteiger partial charge in [0.25, 0.3) is 0 Å². The number of carbonyl (C=O) groups excluding carboxylic acids is 2. The maximum absolute atomic E-state index is 13.3. The van der Waals surface area contributed by atoms with Crippen molar-refractivity contribution in [3.05, 3.63) is 29.8 Å². The molecule has 1 aromatic rings. The van der Waals surface area contributed by atoms with Crippen LogP contribution in [0.3, 0.4) is 0 Å². The van der Waals surface area contributed by atoms with Gasteiger partial charge in [-0.3, -0.25) is 4.90 Å². The number of halogens is 3. The second-order valence-corrected chi connectivity index (χ2v) is 9.58. The second-order valence-electron chi connectivity index (χ2n) is 7.80. The first-order chi connectivity index (χ1) is 13.7. The largest absolute Gasteiger partial charge is 0.517 e. The summed E-state index contributed by atoms with van der Waals surface area (Å²) in [4.78, 5) is 25.7. The van der Waals surface area contributed by atoms with Crippen molar-refractivity contribution in [1.29, 1.82) is 0 Å². The number of hydrogen-bond donors (Lipinski definition) is 0. The SMILES string of the molecule is CC(C)COC(=O)N(c1ccccc1CN1CC(C)(C)OC1=O)S(=O)(=O)C(F)(F)F. The summed E-state index contributed by atoms with van der Waals surface area (Å²) in [7, 11) is -6.11. The Morgan fingerprint density at radius 3 is 2.40 bits per heavy atom. The van der Waals surface area contributed by atoms with Crippen molar-refractivity contribution in [2.24, 2.45) is 5.92 Å². The van der Waals surface area contributed by atoms with E-state index in [9.17, 15) is 31.2 Å². The van der Waals surface area contributed by atoms with Crippen LogP contribution in [0.2, 0.25) is 0 Å². The third-order valence-corrected chi connectivity index (χ3v) is 5.42. The Labute approximate surface area is 172 Å². The first-order valence-corrected chi connectivity index (χ1v) is 10.4. The lowest BCUT2D eigenvalue weighted by Crippen LogP contribution is -2.45. The zero-order chi connectivity index (χ0) is 22.9. The number of sulfonamides is 1. The Balaban J connectivity index is 2.49. The molecule has 0 spiro atoms. The van der Waals surface area contributed by atoms with Gasteiger partial charge in [0.2, 0.25) is 0 Å². The highest BCUT2D eigenvalue weighted by Gasteiger charge is 2.53. The molecule has 168 valence electrons. The molecule has 0 atom stereocenters. The van der Waals surface area contributed by atoms with Gasteiger partial charge >= 0.3 is 27.7 Å². The number of carbonyl (C=O) groups is 2. The average molecular weight is 452 g/mol. The van der Waals surface area contributed by atoms with Crippen LogP contribution in [0.5, 0.6) is 0 Å². The van der Waals surface area contributed by atoms with Crippen LogP contribution < -0.4 is 4.31 Å². The van der Waals surface area contributed by atoms with Gasteiger partial charge in [-0.25, -0.2) is 9.59 Å². The highest BCUT2D eigenvalue weighted by molar-refractivity contribution is 7.94. The summed E-state index contributed by atoms with van der Waals surface area (Å²) in [5, 5.41) is 0. The lowest BCUT2D eigenvalue weighted by Gasteiger charge is -2.26. The van der Waals surface area contributed by atoms with Gasteiger partial charge in [0.15, 0.2) is 0 Å². The number of amides is 2. The monoisotopic (exact) mass is 452 g/mol. The maximum atomic E-state index is 13.3. The molecule has 1 aliphatic rings. The lowest BCUT2D eigenvalue weighted by molar-refractivity contribution is -0.0438. The van der Waals surface area contributed by atoms with Crippen LogP contribution in [0.4, 0.5) is 28.4 Å². The van der Waals surface area contributed by atoms with E-state index >= 15 is 0 Å². The predicted molar refractivity (Wildman–Crippen MR) is 101 cm³/mol. The minimum Gasteiger partial charge on any atom is -0.448 e. The summed E-state index contributed by atoms with van der Waals surface area (Å²) in [6.07, 6.45) is -2.39. The van der Waals surface area contributed by atoms with Crippen LogP contribution in [0.25, 0.3) is 0 Å². The molecule has 8 nitrogen and oxygen atoms in total. The van der Waals surface area contributed by atoms with Crippen molar-refractivity contribution in [2.45, 2.75) is 45.3 Å². The summed E-state index contributed by atoms with van der Waals surface area (Å²) in [6.45, 7) is 6.18. The highest BCUT2D eigenvalue weighted by Crippen LogP contribution is 2.35. The Morgan fingerprint density at radius 1 is 1.30 bits per heavy atom. The molecule has 1 heterocycles. The first kappa shape index (κ1) is 23.8. The number of rotatable bonds is 6. The molecule has 1 aromatic carbocycles. The molecule has 1 fully saturated rings. The van der Waals surface area contributed by atoms with E-state index in [0.29, 0.717) is 0 Å². The second kappa shape index (κ2) is 8.32. The van der Waals surface area contributed by atoms with E-state index in [1.54, 1.807) is 27.7 Å². The van der Waals surface area contributed by atoms with E-state index in [1.807, 2.05) is 0 Å². The van der Waals surface area contributed by atoms with Gasteiger partial charge in [-0.2, -0.15) is 25.9 Å². The normalized spacial score (nSPS) is 16.5. The molecule has 0 saturated carbocycles. The van der Waals surface area contributed by atoms with E-state index in [0.717, 1.165) is 6.07 Å². The van der Waals surface area contributed by atoms with Gasteiger partial charge in [0, 0.05) is 0 Å².